The van der Waals surface area contributed by atoms with E-state index in [-0.39, 0.29) is 24.7 Å². The van der Waals surface area contributed by atoms with Crippen LogP contribution in [0, 0.1) is 0 Å². The number of piperazine rings is 1. The molecular weight excluding hydrogens is 298 g/mol. The Morgan fingerprint density at radius 3 is 2.17 bits per heavy atom. The van der Waals surface area contributed by atoms with Gasteiger partial charge in [0.1, 0.15) is 12.2 Å². The molecule has 0 atom stereocenters. The Hall–Kier alpha value is -1.34. The fourth-order valence-corrected chi connectivity index (χ4v) is 2.71. The number of ether oxygens (including phenoxy) is 2. The Balaban J connectivity index is 1.69. The highest BCUT2D eigenvalue weighted by atomic mass is 16.6. The lowest BCUT2D eigenvalue weighted by molar-refractivity contribution is -0.140. The van der Waals surface area contributed by atoms with Gasteiger partial charge in [-0.2, -0.15) is 0 Å². The van der Waals surface area contributed by atoms with E-state index in [1.165, 1.54) is 0 Å². The number of nitrogens with one attached hydrogen (secondary N) is 1. The predicted molar refractivity (Wildman–Crippen MR) is 86.2 cm³/mol. The topological polar surface area (TPSA) is 71.1 Å². The molecule has 0 aromatic rings. The van der Waals surface area contributed by atoms with Crippen LogP contribution in [0.25, 0.3) is 0 Å². The number of carbonyl (C=O) groups is 2. The third kappa shape index (κ3) is 5.99. The van der Waals surface area contributed by atoms with Crippen molar-refractivity contribution in [2.24, 2.45) is 0 Å². The molecule has 7 nitrogen and oxygen atoms in total. The molecule has 2 amide bonds. The van der Waals surface area contributed by atoms with Crippen molar-refractivity contribution < 1.29 is 19.1 Å². The smallest absolute Gasteiger partial charge is 0.410 e. The number of nitrogens with zero attached hydrogens (tertiary/aromatic N) is 2. The second kappa shape index (κ2) is 7.97. The van der Waals surface area contributed by atoms with Crippen LogP contribution in [0.2, 0.25) is 0 Å². The zero-order valence-corrected chi connectivity index (χ0v) is 14.5. The van der Waals surface area contributed by atoms with Crippen molar-refractivity contribution in [1.29, 1.82) is 0 Å². The number of hydrogen-bond donors (Lipinski definition) is 1. The van der Waals surface area contributed by atoms with Crippen LogP contribution >= 0.6 is 0 Å². The van der Waals surface area contributed by atoms with Crippen molar-refractivity contribution in [3.05, 3.63) is 0 Å². The minimum absolute atomic E-state index is 0.00683. The fraction of sp³-hybridized carbons (Fsp3) is 0.875. The minimum Gasteiger partial charge on any atom is -0.444 e. The van der Waals surface area contributed by atoms with E-state index in [1.54, 1.807) is 9.80 Å². The average Bonchev–Trinajstić information content (AvgIpc) is 2.52. The molecule has 0 aromatic carbocycles. The lowest BCUT2D eigenvalue weighted by Crippen LogP contribution is -2.52. The minimum atomic E-state index is -0.493. The van der Waals surface area contributed by atoms with Gasteiger partial charge in [-0.25, -0.2) is 4.79 Å². The molecule has 0 unspecified atom stereocenters. The highest BCUT2D eigenvalue weighted by Crippen LogP contribution is 2.12. The van der Waals surface area contributed by atoms with Crippen molar-refractivity contribution in [3.63, 3.8) is 0 Å². The molecule has 0 radical (unpaired) electrons. The van der Waals surface area contributed by atoms with Crippen molar-refractivity contribution in [1.82, 2.24) is 15.1 Å². The number of carbonyl (C=O) groups excluding carboxylic acids is 2. The van der Waals surface area contributed by atoms with Gasteiger partial charge in [-0.05, 0) is 46.7 Å². The van der Waals surface area contributed by atoms with Gasteiger partial charge >= 0.3 is 6.09 Å². The SMILES string of the molecule is CC(C)(C)OC(=O)N1CCN(C(=O)COC2CCNCC2)CC1. The van der Waals surface area contributed by atoms with Crippen LogP contribution in [0.3, 0.4) is 0 Å². The summed E-state index contributed by atoms with van der Waals surface area (Å²) in [7, 11) is 0. The molecule has 2 aliphatic rings. The van der Waals surface area contributed by atoms with Gasteiger partial charge in [-0.3, -0.25) is 4.79 Å². The van der Waals surface area contributed by atoms with E-state index < -0.39 is 5.60 Å². The van der Waals surface area contributed by atoms with Crippen molar-refractivity contribution >= 4 is 12.0 Å². The van der Waals surface area contributed by atoms with E-state index in [0.29, 0.717) is 26.2 Å². The predicted octanol–water partition coefficient (Wildman–Crippen LogP) is 0.834. The number of amides is 2. The first-order chi connectivity index (χ1) is 10.8. The van der Waals surface area contributed by atoms with E-state index in [4.69, 9.17) is 9.47 Å². The average molecular weight is 327 g/mol. The Labute approximate surface area is 138 Å². The molecule has 1 N–H and O–H groups in total. The zero-order chi connectivity index (χ0) is 16.9. The van der Waals surface area contributed by atoms with Gasteiger partial charge in [0.15, 0.2) is 0 Å². The molecule has 0 aromatic heterocycles. The van der Waals surface area contributed by atoms with E-state index in [2.05, 4.69) is 5.32 Å². The van der Waals surface area contributed by atoms with Gasteiger partial charge < -0.3 is 24.6 Å². The fourth-order valence-electron chi connectivity index (χ4n) is 2.71. The second-order valence-corrected chi connectivity index (χ2v) is 7.11. The zero-order valence-electron chi connectivity index (χ0n) is 14.5. The Morgan fingerprint density at radius 2 is 1.61 bits per heavy atom. The van der Waals surface area contributed by atoms with Crippen LogP contribution in [-0.2, 0) is 14.3 Å². The third-order valence-electron chi connectivity index (χ3n) is 4.01. The maximum absolute atomic E-state index is 12.2. The third-order valence-corrected chi connectivity index (χ3v) is 4.01. The first kappa shape index (κ1) is 18.0. The summed E-state index contributed by atoms with van der Waals surface area (Å²) in [4.78, 5) is 27.6. The summed E-state index contributed by atoms with van der Waals surface area (Å²) >= 11 is 0. The van der Waals surface area contributed by atoms with Gasteiger partial charge in [0.2, 0.25) is 5.91 Å². The van der Waals surface area contributed by atoms with Crippen LogP contribution in [-0.4, -0.2) is 79.4 Å². The monoisotopic (exact) mass is 327 g/mol. The molecule has 0 saturated carbocycles. The van der Waals surface area contributed by atoms with Crippen LogP contribution < -0.4 is 5.32 Å². The molecule has 23 heavy (non-hydrogen) atoms. The molecular formula is C16H29N3O4. The normalized spacial score (nSPS) is 20.5. The summed E-state index contributed by atoms with van der Waals surface area (Å²) in [6.45, 7) is 9.68. The lowest BCUT2D eigenvalue weighted by Gasteiger charge is -2.35. The largest absolute Gasteiger partial charge is 0.444 e. The van der Waals surface area contributed by atoms with E-state index in [1.807, 2.05) is 20.8 Å². The summed E-state index contributed by atoms with van der Waals surface area (Å²) in [5.41, 5.74) is -0.493. The van der Waals surface area contributed by atoms with Crippen molar-refractivity contribution in [3.8, 4) is 0 Å². The molecule has 2 aliphatic heterocycles. The first-order valence-corrected chi connectivity index (χ1v) is 8.43. The molecule has 2 heterocycles. The van der Waals surface area contributed by atoms with E-state index in [0.717, 1.165) is 25.9 Å². The molecule has 2 rings (SSSR count). The van der Waals surface area contributed by atoms with Gasteiger partial charge in [0, 0.05) is 26.2 Å². The van der Waals surface area contributed by atoms with Gasteiger partial charge in [-0.1, -0.05) is 0 Å². The molecule has 7 heteroatoms. The van der Waals surface area contributed by atoms with Crippen molar-refractivity contribution in [2.45, 2.75) is 45.3 Å². The molecule has 132 valence electrons. The highest BCUT2D eigenvalue weighted by Gasteiger charge is 2.28. The summed E-state index contributed by atoms with van der Waals surface area (Å²) < 4.78 is 11.1. The summed E-state index contributed by atoms with van der Waals surface area (Å²) in [6, 6.07) is 0. The van der Waals surface area contributed by atoms with Crippen LogP contribution in [0.5, 0.6) is 0 Å². The molecule has 0 spiro atoms. The summed E-state index contributed by atoms with van der Waals surface area (Å²) in [5, 5.41) is 3.27. The lowest BCUT2D eigenvalue weighted by atomic mass is 10.1. The number of rotatable bonds is 3. The standard InChI is InChI=1S/C16H29N3O4/c1-16(2,3)23-15(21)19-10-8-18(9-11-19)14(20)12-22-13-4-6-17-7-5-13/h13,17H,4-12H2,1-3H3. The Bertz CT molecular complexity index is 408. The summed E-state index contributed by atoms with van der Waals surface area (Å²) in [5.74, 6) is 0.00683. The van der Waals surface area contributed by atoms with E-state index in [9.17, 15) is 9.59 Å². The van der Waals surface area contributed by atoms with Crippen LogP contribution in [0.15, 0.2) is 0 Å². The number of hydrogen-bond acceptors (Lipinski definition) is 5. The van der Waals surface area contributed by atoms with Crippen molar-refractivity contribution in [2.75, 3.05) is 45.9 Å². The van der Waals surface area contributed by atoms with Gasteiger partial charge in [0.05, 0.1) is 6.10 Å². The van der Waals surface area contributed by atoms with Gasteiger partial charge in [0.25, 0.3) is 0 Å². The van der Waals surface area contributed by atoms with Crippen LogP contribution in [0.1, 0.15) is 33.6 Å². The Morgan fingerprint density at radius 1 is 1.04 bits per heavy atom. The van der Waals surface area contributed by atoms with E-state index >= 15 is 0 Å². The Kier molecular flexibility index (Phi) is 6.24. The quantitative estimate of drug-likeness (QED) is 0.831. The number of piperidine rings is 1. The second-order valence-electron chi connectivity index (χ2n) is 7.11. The highest BCUT2D eigenvalue weighted by molar-refractivity contribution is 5.78. The maximum Gasteiger partial charge on any atom is 0.410 e. The molecule has 2 fully saturated rings. The van der Waals surface area contributed by atoms with Crippen LogP contribution in [0.4, 0.5) is 4.79 Å². The molecule has 0 aliphatic carbocycles. The molecule has 2 saturated heterocycles. The van der Waals surface area contributed by atoms with Gasteiger partial charge in [-0.15, -0.1) is 0 Å². The maximum atomic E-state index is 12.2. The molecule has 0 bridgehead atoms. The summed E-state index contributed by atoms with van der Waals surface area (Å²) in [6.07, 6.45) is 1.79. The first-order valence-electron chi connectivity index (χ1n) is 8.43.